The monoisotopic (exact) mass is 320 g/mol. The van der Waals surface area contributed by atoms with E-state index in [0.717, 1.165) is 11.4 Å². The Kier molecular flexibility index (Phi) is 6.11. The van der Waals surface area contributed by atoms with Crippen molar-refractivity contribution in [2.75, 3.05) is 0 Å². The van der Waals surface area contributed by atoms with Crippen molar-refractivity contribution in [3.63, 3.8) is 0 Å². The molecule has 2 nitrogen and oxygen atoms in total. The van der Waals surface area contributed by atoms with Crippen molar-refractivity contribution in [3.8, 4) is 0 Å². The molecule has 0 fully saturated rings. The van der Waals surface area contributed by atoms with Crippen molar-refractivity contribution in [1.29, 1.82) is 0 Å². The predicted octanol–water partition coefficient (Wildman–Crippen LogP) is 7.19. The lowest BCUT2D eigenvalue weighted by Gasteiger charge is -2.15. The number of benzene rings is 2. The fourth-order valence-electron chi connectivity index (χ4n) is 2.85. The Hall–Kier alpha value is -2.18. The highest BCUT2D eigenvalue weighted by Gasteiger charge is 2.12. The molecule has 0 saturated carbocycles. The average Bonchev–Trinajstić information content (AvgIpc) is 2.54. The summed E-state index contributed by atoms with van der Waals surface area (Å²) in [6, 6.07) is 17.6. The molecule has 0 radical (unpaired) electrons. The zero-order valence-electron chi connectivity index (χ0n) is 15.7. The maximum atomic E-state index is 4.63. The lowest BCUT2D eigenvalue weighted by molar-refractivity contribution is 0.835. The van der Waals surface area contributed by atoms with Gasteiger partial charge in [0.25, 0.3) is 0 Å². The third-order valence-electron chi connectivity index (χ3n) is 4.23. The molecule has 2 aromatic rings. The fraction of sp³-hybridized carbons (Fsp3) is 0.409. The van der Waals surface area contributed by atoms with Gasteiger partial charge in [0, 0.05) is 0 Å². The smallest absolute Gasteiger partial charge is 0.101 e. The average molecular weight is 320 g/mol. The number of para-hydroxylation sites is 2. The second kappa shape index (κ2) is 8.08. The van der Waals surface area contributed by atoms with Gasteiger partial charge in [-0.05, 0) is 40.5 Å². The molecule has 0 bridgehead atoms. The van der Waals surface area contributed by atoms with Crippen LogP contribution in [0.5, 0.6) is 0 Å². The van der Waals surface area contributed by atoms with Gasteiger partial charge in [0.15, 0.2) is 0 Å². The third kappa shape index (κ3) is 4.21. The Balaban J connectivity index is 2.49. The molecule has 126 valence electrons. The SMILES string of the molecule is CC(C)c1ccccc1N=C=Nc1c(C(C)C)cccc1C(C)C. The van der Waals surface area contributed by atoms with Gasteiger partial charge in [-0.15, -0.1) is 0 Å². The number of hydrogen-bond acceptors (Lipinski definition) is 2. The topological polar surface area (TPSA) is 24.7 Å². The van der Waals surface area contributed by atoms with E-state index >= 15 is 0 Å². The molecule has 0 aliphatic rings. The first-order valence-corrected chi connectivity index (χ1v) is 8.80. The lowest BCUT2D eigenvalue weighted by atomic mass is 9.93. The molecule has 0 N–H and O–H groups in total. The van der Waals surface area contributed by atoms with Crippen LogP contribution in [-0.2, 0) is 0 Å². The van der Waals surface area contributed by atoms with Crippen molar-refractivity contribution in [2.24, 2.45) is 9.98 Å². The predicted molar refractivity (Wildman–Crippen MR) is 104 cm³/mol. The maximum absolute atomic E-state index is 4.63. The number of rotatable bonds is 5. The summed E-state index contributed by atoms with van der Waals surface area (Å²) < 4.78 is 0. The van der Waals surface area contributed by atoms with E-state index < -0.39 is 0 Å². The largest absolute Gasteiger partial charge is 0.187 e. The third-order valence-corrected chi connectivity index (χ3v) is 4.23. The van der Waals surface area contributed by atoms with Crippen LogP contribution >= 0.6 is 0 Å². The highest BCUT2D eigenvalue weighted by atomic mass is 14.8. The summed E-state index contributed by atoms with van der Waals surface area (Å²) >= 11 is 0. The molecule has 0 atom stereocenters. The zero-order chi connectivity index (χ0) is 17.7. The van der Waals surface area contributed by atoms with Gasteiger partial charge in [0.2, 0.25) is 0 Å². The van der Waals surface area contributed by atoms with Gasteiger partial charge < -0.3 is 0 Å². The van der Waals surface area contributed by atoms with Crippen molar-refractivity contribution < 1.29 is 0 Å². The molecule has 0 aliphatic heterocycles. The van der Waals surface area contributed by atoms with E-state index in [9.17, 15) is 0 Å². The minimum atomic E-state index is 0.423. The molecule has 2 aromatic carbocycles. The molecular formula is C22H28N2. The van der Waals surface area contributed by atoms with Crippen LogP contribution < -0.4 is 0 Å². The summed E-state index contributed by atoms with van der Waals surface area (Å²) in [5.74, 6) is 1.28. The van der Waals surface area contributed by atoms with Crippen LogP contribution in [0.15, 0.2) is 52.4 Å². The zero-order valence-corrected chi connectivity index (χ0v) is 15.7. The molecular weight excluding hydrogens is 292 g/mol. The van der Waals surface area contributed by atoms with E-state index in [1.54, 1.807) is 0 Å². The highest BCUT2D eigenvalue weighted by molar-refractivity contribution is 5.65. The summed E-state index contributed by atoms with van der Waals surface area (Å²) in [6.07, 6.45) is 0. The van der Waals surface area contributed by atoms with Crippen molar-refractivity contribution >= 4 is 17.4 Å². The Morgan fingerprint density at radius 2 is 1.12 bits per heavy atom. The lowest BCUT2D eigenvalue weighted by Crippen LogP contribution is -1.95. The van der Waals surface area contributed by atoms with E-state index in [1.165, 1.54) is 16.7 Å². The molecule has 0 aliphatic carbocycles. The van der Waals surface area contributed by atoms with Crippen LogP contribution in [0.1, 0.15) is 76.0 Å². The first-order chi connectivity index (χ1) is 11.4. The Bertz CT molecular complexity index is 722. The molecule has 0 unspecified atom stereocenters. The quantitative estimate of drug-likeness (QED) is 0.521. The standard InChI is InChI=1S/C22H28N2/c1-15(2)18-10-7-8-13-21(18)23-14-24-22-19(16(3)4)11-9-12-20(22)17(5)6/h7-13,15-17H,1-6H3. The van der Waals surface area contributed by atoms with Crippen molar-refractivity contribution in [2.45, 2.75) is 59.3 Å². The molecule has 0 saturated heterocycles. The molecule has 0 amide bonds. The molecule has 0 heterocycles. The number of hydrogen-bond donors (Lipinski definition) is 0. The van der Waals surface area contributed by atoms with Gasteiger partial charge in [-0.3, -0.25) is 0 Å². The van der Waals surface area contributed by atoms with Crippen LogP contribution in [0.2, 0.25) is 0 Å². The maximum Gasteiger partial charge on any atom is 0.101 e. The Morgan fingerprint density at radius 3 is 1.67 bits per heavy atom. The first kappa shape index (κ1) is 18.2. The van der Waals surface area contributed by atoms with Crippen LogP contribution in [-0.4, -0.2) is 6.01 Å². The van der Waals surface area contributed by atoms with Crippen LogP contribution in [0.4, 0.5) is 11.4 Å². The molecule has 2 heteroatoms. The fourth-order valence-corrected chi connectivity index (χ4v) is 2.85. The molecule has 2 rings (SSSR count). The second-order valence-corrected chi connectivity index (χ2v) is 7.13. The normalized spacial score (nSPS) is 11.0. The van der Waals surface area contributed by atoms with Crippen LogP contribution in [0.3, 0.4) is 0 Å². The summed E-state index contributed by atoms with van der Waals surface area (Å²) in [7, 11) is 0. The van der Waals surface area contributed by atoms with Gasteiger partial charge >= 0.3 is 0 Å². The van der Waals surface area contributed by atoms with Crippen LogP contribution in [0, 0.1) is 0 Å². The van der Waals surface area contributed by atoms with Gasteiger partial charge in [0.1, 0.15) is 6.01 Å². The molecule has 0 aromatic heterocycles. The number of nitrogens with zero attached hydrogens (tertiary/aromatic N) is 2. The summed E-state index contributed by atoms with van der Waals surface area (Å²) in [5.41, 5.74) is 5.70. The van der Waals surface area contributed by atoms with E-state index in [4.69, 9.17) is 0 Å². The Labute approximate surface area is 146 Å². The Morgan fingerprint density at radius 1 is 0.625 bits per heavy atom. The number of aliphatic imine (C=N–C) groups is 2. The summed E-state index contributed by atoms with van der Waals surface area (Å²) in [4.78, 5) is 9.13. The van der Waals surface area contributed by atoms with E-state index in [-0.39, 0.29) is 0 Å². The van der Waals surface area contributed by atoms with Gasteiger partial charge in [-0.25, -0.2) is 0 Å². The van der Waals surface area contributed by atoms with Gasteiger partial charge in [0.05, 0.1) is 11.4 Å². The minimum absolute atomic E-state index is 0.423. The van der Waals surface area contributed by atoms with Crippen molar-refractivity contribution in [3.05, 3.63) is 59.2 Å². The first-order valence-electron chi connectivity index (χ1n) is 8.80. The van der Waals surface area contributed by atoms with E-state index in [0.29, 0.717) is 17.8 Å². The summed E-state index contributed by atoms with van der Waals surface area (Å²) in [6.45, 7) is 13.1. The minimum Gasteiger partial charge on any atom is -0.187 e. The summed E-state index contributed by atoms with van der Waals surface area (Å²) in [5, 5.41) is 0. The van der Waals surface area contributed by atoms with Gasteiger partial charge in [-0.2, -0.15) is 9.98 Å². The van der Waals surface area contributed by atoms with E-state index in [2.05, 4.69) is 87.9 Å². The second-order valence-electron chi connectivity index (χ2n) is 7.13. The highest BCUT2D eigenvalue weighted by Crippen LogP contribution is 2.34. The molecule has 0 spiro atoms. The van der Waals surface area contributed by atoms with Gasteiger partial charge in [-0.1, -0.05) is 77.9 Å². The van der Waals surface area contributed by atoms with Crippen LogP contribution in [0.25, 0.3) is 0 Å². The molecule has 24 heavy (non-hydrogen) atoms. The van der Waals surface area contributed by atoms with E-state index in [1.807, 2.05) is 12.1 Å². The van der Waals surface area contributed by atoms with Crippen molar-refractivity contribution in [1.82, 2.24) is 0 Å².